The van der Waals surface area contributed by atoms with E-state index in [1.54, 1.807) is 29.2 Å². The predicted molar refractivity (Wildman–Crippen MR) is 121 cm³/mol. The third-order valence-corrected chi connectivity index (χ3v) is 7.34. The summed E-state index contributed by atoms with van der Waals surface area (Å²) in [7, 11) is 4.13. The Bertz CT molecular complexity index is 1130. The molecule has 0 bridgehead atoms. The summed E-state index contributed by atoms with van der Waals surface area (Å²) >= 11 is 9.64. The van der Waals surface area contributed by atoms with Gasteiger partial charge in [0, 0.05) is 31.6 Å². The first-order chi connectivity index (χ1) is 13.5. The lowest BCUT2D eigenvalue weighted by molar-refractivity contribution is 0.150. The Morgan fingerprint density at radius 2 is 2.04 bits per heavy atom. The van der Waals surface area contributed by atoms with E-state index in [1.165, 1.54) is 6.07 Å². The monoisotopic (exact) mass is 433 g/mol. The molecule has 146 valence electrons. The Kier molecular flexibility index (Phi) is 6.09. The van der Waals surface area contributed by atoms with Gasteiger partial charge < -0.3 is 9.64 Å². The minimum Gasteiger partial charge on any atom is -0.376 e. The molecule has 2 heterocycles. The highest BCUT2D eigenvalue weighted by Gasteiger charge is 2.18. The molecule has 0 amide bonds. The average Bonchev–Trinajstić information content (AvgIpc) is 2.90. The van der Waals surface area contributed by atoms with Crippen LogP contribution < -0.4 is 9.75 Å². The number of fused-ring (bicyclic) bond motifs is 4. The van der Waals surface area contributed by atoms with Crippen molar-refractivity contribution in [3.05, 3.63) is 67.5 Å². The van der Waals surface area contributed by atoms with Crippen molar-refractivity contribution in [2.75, 3.05) is 33.9 Å². The van der Waals surface area contributed by atoms with E-state index in [1.807, 2.05) is 0 Å². The summed E-state index contributed by atoms with van der Waals surface area (Å²) in [6.45, 7) is 2.35. The lowest BCUT2D eigenvalue weighted by atomic mass is 10.1. The number of allylic oxidation sites excluding steroid dienone is 4. The summed E-state index contributed by atoms with van der Waals surface area (Å²) in [6, 6.07) is 2.98. The molecule has 6 heteroatoms. The fourth-order valence-electron chi connectivity index (χ4n) is 3.28. The largest absolute Gasteiger partial charge is 0.376 e. The van der Waals surface area contributed by atoms with Gasteiger partial charge in [-0.25, -0.2) is 4.39 Å². The van der Waals surface area contributed by atoms with Crippen molar-refractivity contribution in [3.63, 3.8) is 0 Å². The lowest BCUT2D eigenvalue weighted by Crippen LogP contribution is -2.21. The molecule has 4 rings (SSSR count). The molecule has 28 heavy (non-hydrogen) atoms. The van der Waals surface area contributed by atoms with Crippen LogP contribution in [0.3, 0.4) is 0 Å². The quantitative estimate of drug-likeness (QED) is 0.614. The molecule has 0 fully saturated rings. The van der Waals surface area contributed by atoms with E-state index in [0.717, 1.165) is 54.8 Å². The van der Waals surface area contributed by atoms with Crippen LogP contribution in [0.1, 0.15) is 6.42 Å². The van der Waals surface area contributed by atoms with E-state index < -0.39 is 0 Å². The van der Waals surface area contributed by atoms with Crippen molar-refractivity contribution in [2.24, 2.45) is 0 Å². The molecule has 2 aromatic rings. The zero-order valence-corrected chi connectivity index (χ0v) is 18.2. The minimum absolute atomic E-state index is 0.303. The van der Waals surface area contributed by atoms with Crippen LogP contribution in [-0.4, -0.2) is 38.8 Å². The van der Waals surface area contributed by atoms with E-state index in [9.17, 15) is 4.39 Å². The number of benzene rings is 1. The first-order valence-corrected chi connectivity index (χ1v) is 11.2. The Hall–Kier alpha value is -1.37. The fourth-order valence-corrected chi connectivity index (χ4v) is 5.89. The number of thiophene rings is 1. The van der Waals surface area contributed by atoms with E-state index in [-0.39, 0.29) is 5.82 Å². The van der Waals surface area contributed by atoms with Crippen LogP contribution in [0, 0.1) is 5.82 Å². The van der Waals surface area contributed by atoms with Crippen molar-refractivity contribution < 1.29 is 9.13 Å². The minimum atomic E-state index is -0.303. The molecule has 0 radical (unpaired) electrons. The highest BCUT2D eigenvalue weighted by atomic mass is 35.5. The van der Waals surface area contributed by atoms with Crippen molar-refractivity contribution in [2.45, 2.75) is 6.42 Å². The van der Waals surface area contributed by atoms with Crippen molar-refractivity contribution in [1.82, 2.24) is 4.90 Å². The second-order valence-corrected chi connectivity index (χ2v) is 9.62. The number of rotatable bonds is 6. The molecule has 1 aromatic heterocycles. The number of ether oxygens (including phenoxy) is 1. The Labute approximate surface area is 177 Å². The maximum atomic E-state index is 14.1. The standard InChI is InChI=1S/C22H21ClFNOS2/c1-25(2)9-4-10-26-13-16-8-7-14-5-3-6-19-20(21(14)27-16)17-11-15(24)12-18(23)22(17)28-19/h3,5-8,11-12H,4,9-10,13H2,1-2H3. The van der Waals surface area contributed by atoms with Gasteiger partial charge in [0.2, 0.25) is 0 Å². The van der Waals surface area contributed by atoms with Crippen molar-refractivity contribution >= 4 is 55.8 Å². The highest BCUT2D eigenvalue weighted by molar-refractivity contribution is 8.11. The van der Waals surface area contributed by atoms with Crippen LogP contribution in [-0.2, 0) is 4.74 Å². The molecule has 1 aliphatic heterocycles. The van der Waals surface area contributed by atoms with E-state index in [2.05, 4.69) is 49.4 Å². The van der Waals surface area contributed by atoms with Crippen molar-refractivity contribution in [1.29, 1.82) is 0 Å². The summed E-state index contributed by atoms with van der Waals surface area (Å²) < 4.78 is 22.0. The highest BCUT2D eigenvalue weighted by Crippen LogP contribution is 2.38. The summed E-state index contributed by atoms with van der Waals surface area (Å²) in [4.78, 5) is 4.46. The van der Waals surface area contributed by atoms with Crippen LogP contribution in [0.5, 0.6) is 0 Å². The average molecular weight is 434 g/mol. The first-order valence-electron chi connectivity index (χ1n) is 9.15. The van der Waals surface area contributed by atoms with Crippen LogP contribution in [0.4, 0.5) is 4.39 Å². The molecule has 0 atom stereocenters. The van der Waals surface area contributed by atoms with Gasteiger partial charge in [-0.3, -0.25) is 0 Å². The van der Waals surface area contributed by atoms with E-state index in [0.29, 0.717) is 11.6 Å². The SMILES string of the molecule is CN(C)CCCOCC1=CC=C2C=CC=c3sc4c(Cl)cc(F)cc4c3=C2S1. The molecule has 0 unspecified atom stereocenters. The van der Waals surface area contributed by atoms with Gasteiger partial charge in [0.1, 0.15) is 5.82 Å². The Morgan fingerprint density at radius 3 is 2.86 bits per heavy atom. The summed E-state index contributed by atoms with van der Waals surface area (Å²) in [6.07, 6.45) is 11.5. The molecular weight excluding hydrogens is 413 g/mol. The third kappa shape index (κ3) is 4.14. The number of halogens is 2. The lowest BCUT2D eigenvalue weighted by Gasteiger charge is -2.16. The number of nitrogens with zero attached hydrogens (tertiary/aromatic N) is 1. The first kappa shape index (κ1) is 19.9. The normalized spacial score (nSPS) is 15.8. The van der Waals surface area contributed by atoms with Gasteiger partial charge in [-0.2, -0.15) is 0 Å². The number of hydrogen-bond acceptors (Lipinski definition) is 4. The maximum Gasteiger partial charge on any atom is 0.125 e. The fraction of sp³-hybridized carbons (Fsp3) is 0.273. The van der Waals surface area contributed by atoms with Gasteiger partial charge >= 0.3 is 0 Å². The molecule has 0 saturated carbocycles. The van der Waals surface area contributed by atoms with Crippen LogP contribution in [0.15, 0.2) is 46.9 Å². The van der Waals surface area contributed by atoms with E-state index in [4.69, 9.17) is 16.3 Å². The van der Waals surface area contributed by atoms with Gasteiger partial charge in [-0.15, -0.1) is 11.3 Å². The van der Waals surface area contributed by atoms with Crippen LogP contribution in [0.25, 0.3) is 21.1 Å². The Morgan fingerprint density at radius 1 is 1.18 bits per heavy atom. The van der Waals surface area contributed by atoms with Gasteiger partial charge in [-0.05, 0) is 56.9 Å². The topological polar surface area (TPSA) is 12.5 Å². The summed E-state index contributed by atoms with van der Waals surface area (Å²) in [5.74, 6) is -0.303. The summed E-state index contributed by atoms with van der Waals surface area (Å²) in [5.41, 5.74) is 1.14. The van der Waals surface area contributed by atoms with Crippen LogP contribution in [0.2, 0.25) is 5.02 Å². The summed E-state index contributed by atoms with van der Waals surface area (Å²) in [5, 5.41) is 2.42. The molecule has 1 aliphatic carbocycles. The molecule has 0 saturated heterocycles. The second kappa shape index (κ2) is 8.56. The predicted octanol–water partition coefficient (Wildman–Crippen LogP) is 4.68. The second-order valence-electron chi connectivity index (χ2n) is 7.03. The zero-order valence-electron chi connectivity index (χ0n) is 15.8. The molecule has 2 aliphatic rings. The van der Waals surface area contributed by atoms with Gasteiger partial charge in [-0.1, -0.05) is 41.6 Å². The third-order valence-electron chi connectivity index (χ3n) is 4.57. The van der Waals surface area contributed by atoms with Gasteiger partial charge in [0.15, 0.2) is 0 Å². The molecule has 0 N–H and O–H groups in total. The number of thioether (sulfide) groups is 1. The molecular formula is C22H21ClFNOS2. The maximum absolute atomic E-state index is 14.1. The molecule has 2 nitrogen and oxygen atoms in total. The molecule has 0 spiro atoms. The van der Waals surface area contributed by atoms with Crippen LogP contribution >= 0.6 is 34.7 Å². The van der Waals surface area contributed by atoms with Crippen molar-refractivity contribution in [3.8, 4) is 0 Å². The zero-order chi connectivity index (χ0) is 19.7. The van der Waals surface area contributed by atoms with Gasteiger partial charge in [0.25, 0.3) is 0 Å². The number of hydrogen-bond donors (Lipinski definition) is 0. The smallest absolute Gasteiger partial charge is 0.125 e. The molecule has 1 aromatic carbocycles. The van der Waals surface area contributed by atoms with Gasteiger partial charge in [0.05, 0.1) is 16.3 Å². The Balaban J connectivity index is 1.68. The van der Waals surface area contributed by atoms with E-state index >= 15 is 0 Å².